The lowest BCUT2D eigenvalue weighted by atomic mass is 10.0. The summed E-state index contributed by atoms with van der Waals surface area (Å²) in [6.07, 6.45) is -0.426. The monoisotopic (exact) mass is 378 g/mol. The summed E-state index contributed by atoms with van der Waals surface area (Å²) in [4.78, 5) is 47.1. The highest BCUT2D eigenvalue weighted by atomic mass is 16.4. The zero-order valence-electron chi connectivity index (χ0n) is 15.3. The molecule has 148 valence electrons. The van der Waals surface area contributed by atoms with Gasteiger partial charge >= 0.3 is 5.97 Å². The molecule has 1 rings (SSSR count). The Balaban J connectivity index is 2.97. The second-order valence-corrected chi connectivity index (χ2v) is 6.59. The van der Waals surface area contributed by atoms with Crippen molar-refractivity contribution in [1.82, 2.24) is 10.6 Å². The Kier molecular flexibility index (Phi) is 8.40. The molecular formula is C18H26N4O5. The molecule has 3 atom stereocenters. The number of carboxylic acid groups (broad SMARTS) is 1. The first kappa shape index (κ1) is 22.1. The number of primary amides is 1. The van der Waals surface area contributed by atoms with Crippen molar-refractivity contribution >= 4 is 23.7 Å². The molecule has 9 nitrogen and oxygen atoms in total. The first-order chi connectivity index (χ1) is 12.6. The van der Waals surface area contributed by atoms with E-state index in [1.807, 2.05) is 0 Å². The van der Waals surface area contributed by atoms with Crippen molar-refractivity contribution in [2.24, 2.45) is 17.4 Å². The number of hydrogen-bond donors (Lipinski definition) is 5. The van der Waals surface area contributed by atoms with Crippen LogP contribution in [0.3, 0.4) is 0 Å². The summed E-state index contributed by atoms with van der Waals surface area (Å²) in [5.41, 5.74) is 11.6. The molecule has 0 fully saturated rings. The number of carboxylic acids is 1. The van der Waals surface area contributed by atoms with E-state index in [1.54, 1.807) is 44.2 Å². The Labute approximate surface area is 157 Å². The number of carbonyl (C=O) groups is 4. The summed E-state index contributed by atoms with van der Waals surface area (Å²) in [6.45, 7) is 3.54. The minimum Gasteiger partial charge on any atom is -0.480 e. The van der Waals surface area contributed by atoms with Crippen molar-refractivity contribution in [2.75, 3.05) is 0 Å². The molecule has 7 N–H and O–H groups in total. The Bertz CT molecular complexity index is 678. The van der Waals surface area contributed by atoms with Crippen molar-refractivity contribution in [3.63, 3.8) is 0 Å². The Morgan fingerprint density at radius 3 is 2.04 bits per heavy atom. The van der Waals surface area contributed by atoms with Crippen LogP contribution >= 0.6 is 0 Å². The normalized spacial score (nSPS) is 14.1. The van der Waals surface area contributed by atoms with Gasteiger partial charge in [0.15, 0.2) is 0 Å². The highest BCUT2D eigenvalue weighted by Crippen LogP contribution is 2.06. The molecule has 0 aromatic heterocycles. The van der Waals surface area contributed by atoms with Gasteiger partial charge in [0.05, 0.1) is 12.5 Å². The van der Waals surface area contributed by atoms with Gasteiger partial charge in [-0.25, -0.2) is 4.79 Å². The van der Waals surface area contributed by atoms with E-state index in [-0.39, 0.29) is 12.3 Å². The third-order valence-electron chi connectivity index (χ3n) is 3.96. The summed E-state index contributed by atoms with van der Waals surface area (Å²) in [5, 5.41) is 14.0. The van der Waals surface area contributed by atoms with Crippen molar-refractivity contribution in [2.45, 2.75) is 44.8 Å². The van der Waals surface area contributed by atoms with Crippen LogP contribution in [0, 0.1) is 5.92 Å². The number of rotatable bonds is 10. The number of carbonyl (C=O) groups excluding carboxylic acids is 3. The molecule has 0 heterocycles. The zero-order chi connectivity index (χ0) is 20.6. The summed E-state index contributed by atoms with van der Waals surface area (Å²) >= 11 is 0. The van der Waals surface area contributed by atoms with Crippen LogP contribution in [-0.4, -0.2) is 46.9 Å². The predicted molar refractivity (Wildman–Crippen MR) is 98.3 cm³/mol. The molecule has 9 heteroatoms. The number of nitrogens with one attached hydrogen (secondary N) is 2. The molecular weight excluding hydrogens is 352 g/mol. The van der Waals surface area contributed by atoms with Gasteiger partial charge in [-0.05, 0) is 11.5 Å². The fourth-order valence-electron chi connectivity index (χ4n) is 2.30. The first-order valence-corrected chi connectivity index (χ1v) is 8.53. The molecule has 0 spiro atoms. The van der Waals surface area contributed by atoms with Crippen LogP contribution in [0.25, 0.3) is 0 Å². The van der Waals surface area contributed by atoms with Gasteiger partial charge in [0, 0.05) is 6.42 Å². The minimum absolute atomic E-state index is 0.131. The van der Waals surface area contributed by atoms with Crippen molar-refractivity contribution < 1.29 is 24.3 Å². The quantitative estimate of drug-likeness (QED) is 0.355. The third kappa shape index (κ3) is 7.45. The highest BCUT2D eigenvalue weighted by molar-refractivity contribution is 5.93. The number of amides is 3. The summed E-state index contributed by atoms with van der Waals surface area (Å²) < 4.78 is 0. The van der Waals surface area contributed by atoms with Crippen LogP contribution in [0.4, 0.5) is 0 Å². The van der Waals surface area contributed by atoms with Gasteiger partial charge in [-0.1, -0.05) is 44.2 Å². The van der Waals surface area contributed by atoms with E-state index in [0.717, 1.165) is 5.56 Å². The van der Waals surface area contributed by atoms with E-state index >= 15 is 0 Å². The molecule has 3 unspecified atom stereocenters. The predicted octanol–water partition coefficient (Wildman–Crippen LogP) is -0.858. The molecule has 27 heavy (non-hydrogen) atoms. The van der Waals surface area contributed by atoms with Gasteiger partial charge in [-0.2, -0.15) is 0 Å². The summed E-state index contributed by atoms with van der Waals surface area (Å²) in [7, 11) is 0. The molecule has 1 aromatic rings. The lowest BCUT2D eigenvalue weighted by Crippen LogP contribution is -2.56. The fraction of sp³-hybridized carbons (Fsp3) is 0.444. The van der Waals surface area contributed by atoms with Crippen LogP contribution in [0.1, 0.15) is 25.8 Å². The molecule has 0 aliphatic carbocycles. The van der Waals surface area contributed by atoms with Crippen LogP contribution < -0.4 is 22.1 Å². The van der Waals surface area contributed by atoms with Crippen LogP contribution in [0.2, 0.25) is 0 Å². The van der Waals surface area contributed by atoms with Gasteiger partial charge in [-0.3, -0.25) is 14.4 Å². The van der Waals surface area contributed by atoms with Gasteiger partial charge in [0.2, 0.25) is 17.7 Å². The van der Waals surface area contributed by atoms with E-state index in [2.05, 4.69) is 10.6 Å². The van der Waals surface area contributed by atoms with Crippen molar-refractivity contribution in [3.05, 3.63) is 35.9 Å². The average molecular weight is 378 g/mol. The van der Waals surface area contributed by atoms with Gasteiger partial charge in [-0.15, -0.1) is 0 Å². The van der Waals surface area contributed by atoms with Crippen LogP contribution in [-0.2, 0) is 25.6 Å². The molecule has 0 saturated heterocycles. The third-order valence-corrected chi connectivity index (χ3v) is 3.96. The maximum atomic E-state index is 12.6. The van der Waals surface area contributed by atoms with Gasteiger partial charge in [0.25, 0.3) is 0 Å². The number of aliphatic carboxylic acids is 1. The topological polar surface area (TPSA) is 165 Å². The van der Waals surface area contributed by atoms with Crippen molar-refractivity contribution in [1.29, 1.82) is 0 Å². The number of benzene rings is 1. The number of nitrogens with two attached hydrogens (primary N) is 2. The Hall–Kier alpha value is -2.94. The Morgan fingerprint density at radius 2 is 1.56 bits per heavy atom. The molecule has 0 aliphatic heterocycles. The maximum Gasteiger partial charge on any atom is 0.326 e. The van der Waals surface area contributed by atoms with E-state index < -0.39 is 48.2 Å². The number of hydrogen-bond acceptors (Lipinski definition) is 5. The molecule has 0 radical (unpaired) electrons. The van der Waals surface area contributed by atoms with E-state index in [4.69, 9.17) is 16.6 Å². The molecule has 0 saturated carbocycles. The fourth-order valence-corrected chi connectivity index (χ4v) is 2.30. The summed E-state index contributed by atoms with van der Waals surface area (Å²) in [5.74, 6) is -3.68. The van der Waals surface area contributed by atoms with E-state index in [9.17, 15) is 19.2 Å². The minimum atomic E-state index is -1.48. The average Bonchev–Trinajstić information content (AvgIpc) is 2.59. The molecule has 3 amide bonds. The molecule has 0 bridgehead atoms. The van der Waals surface area contributed by atoms with Gasteiger partial charge in [0.1, 0.15) is 12.1 Å². The van der Waals surface area contributed by atoms with Crippen LogP contribution in [0.5, 0.6) is 0 Å². The maximum absolute atomic E-state index is 12.6. The second-order valence-electron chi connectivity index (χ2n) is 6.59. The smallest absolute Gasteiger partial charge is 0.326 e. The van der Waals surface area contributed by atoms with Crippen molar-refractivity contribution in [3.8, 4) is 0 Å². The highest BCUT2D eigenvalue weighted by Gasteiger charge is 2.29. The SMILES string of the molecule is CC(C)C(N)C(=O)NC(Cc1ccccc1)C(=O)NC(CC(N)=O)C(=O)O. The summed E-state index contributed by atoms with van der Waals surface area (Å²) in [6, 6.07) is 5.54. The van der Waals surface area contributed by atoms with E-state index in [0.29, 0.717) is 0 Å². The van der Waals surface area contributed by atoms with Crippen LogP contribution in [0.15, 0.2) is 30.3 Å². The Morgan fingerprint density at radius 1 is 1.00 bits per heavy atom. The molecule has 1 aromatic carbocycles. The van der Waals surface area contributed by atoms with Gasteiger partial charge < -0.3 is 27.2 Å². The lowest BCUT2D eigenvalue weighted by Gasteiger charge is -2.23. The van der Waals surface area contributed by atoms with E-state index in [1.165, 1.54) is 0 Å². The first-order valence-electron chi connectivity index (χ1n) is 8.53. The standard InChI is InChI=1S/C18H26N4O5/c1-10(2)15(20)17(25)21-12(8-11-6-4-3-5-7-11)16(24)22-13(18(26)27)9-14(19)23/h3-7,10,12-13,15H,8-9,20H2,1-2H3,(H2,19,23)(H,21,25)(H,22,24)(H,26,27). The second kappa shape index (κ2) is 10.3. The molecule has 0 aliphatic rings. The lowest BCUT2D eigenvalue weighted by molar-refractivity contribution is -0.143. The zero-order valence-corrected chi connectivity index (χ0v) is 15.3. The largest absolute Gasteiger partial charge is 0.480 e.